The normalized spacial score (nSPS) is 12.4. The highest BCUT2D eigenvalue weighted by atomic mass is 16.5. The quantitative estimate of drug-likeness (QED) is 0.691. The summed E-state index contributed by atoms with van der Waals surface area (Å²) in [7, 11) is 1.73. The van der Waals surface area contributed by atoms with Crippen LogP contribution in [-0.4, -0.2) is 19.8 Å². The van der Waals surface area contributed by atoms with Crippen LogP contribution in [0.15, 0.2) is 24.3 Å². The molecule has 0 saturated heterocycles. The summed E-state index contributed by atoms with van der Waals surface area (Å²) < 4.78 is 5.10. The van der Waals surface area contributed by atoms with Crippen molar-refractivity contribution in [2.75, 3.05) is 19.0 Å². The van der Waals surface area contributed by atoms with E-state index < -0.39 is 0 Å². The lowest BCUT2D eigenvalue weighted by Gasteiger charge is -2.14. The summed E-state index contributed by atoms with van der Waals surface area (Å²) in [5, 5.41) is 3.41. The van der Waals surface area contributed by atoms with Crippen LogP contribution in [0.1, 0.15) is 38.7 Å². The second-order valence-electron chi connectivity index (χ2n) is 4.65. The molecular formula is C15H25NO. The maximum Gasteiger partial charge on any atom is 0.0661 e. The van der Waals surface area contributed by atoms with E-state index in [0.717, 1.165) is 6.61 Å². The molecule has 1 aromatic carbocycles. The predicted octanol–water partition coefficient (Wildman–Crippen LogP) is 3.87. The Morgan fingerprint density at radius 2 is 1.88 bits per heavy atom. The van der Waals surface area contributed by atoms with Gasteiger partial charge in [0, 0.05) is 18.8 Å². The first kappa shape index (κ1) is 14.0. The molecule has 1 aromatic rings. The Balaban J connectivity index is 2.39. The van der Waals surface area contributed by atoms with Gasteiger partial charge in [-0.2, -0.15) is 0 Å². The van der Waals surface area contributed by atoms with Gasteiger partial charge < -0.3 is 10.1 Å². The number of nitrogens with one attached hydrogen (secondary N) is 1. The monoisotopic (exact) mass is 235 g/mol. The fraction of sp³-hybridized carbons (Fsp3) is 0.600. The van der Waals surface area contributed by atoms with Crippen LogP contribution in [0.2, 0.25) is 0 Å². The third-order valence-corrected chi connectivity index (χ3v) is 2.85. The van der Waals surface area contributed by atoms with Crippen molar-refractivity contribution >= 4 is 5.69 Å². The molecule has 2 nitrogen and oxygen atoms in total. The number of anilines is 1. The average molecular weight is 235 g/mol. The van der Waals surface area contributed by atoms with Crippen LogP contribution >= 0.6 is 0 Å². The van der Waals surface area contributed by atoms with E-state index in [0.29, 0.717) is 6.04 Å². The van der Waals surface area contributed by atoms with E-state index in [9.17, 15) is 0 Å². The number of aryl methyl sites for hydroxylation is 1. The van der Waals surface area contributed by atoms with Crippen molar-refractivity contribution in [3.05, 3.63) is 29.8 Å². The third-order valence-electron chi connectivity index (χ3n) is 2.85. The van der Waals surface area contributed by atoms with E-state index in [1.54, 1.807) is 7.11 Å². The Morgan fingerprint density at radius 1 is 1.18 bits per heavy atom. The summed E-state index contributed by atoms with van der Waals surface area (Å²) in [4.78, 5) is 0. The van der Waals surface area contributed by atoms with Gasteiger partial charge in [0.05, 0.1) is 6.61 Å². The molecule has 96 valence electrons. The van der Waals surface area contributed by atoms with Crippen molar-refractivity contribution in [1.29, 1.82) is 0 Å². The average Bonchev–Trinajstić information content (AvgIpc) is 2.32. The minimum atomic E-state index is 0.353. The van der Waals surface area contributed by atoms with Gasteiger partial charge in [-0.15, -0.1) is 0 Å². The van der Waals surface area contributed by atoms with Crippen molar-refractivity contribution in [3.8, 4) is 0 Å². The lowest BCUT2D eigenvalue weighted by Crippen LogP contribution is -2.20. The van der Waals surface area contributed by atoms with Crippen molar-refractivity contribution in [1.82, 2.24) is 0 Å². The van der Waals surface area contributed by atoms with Gasteiger partial charge in [0.15, 0.2) is 0 Å². The molecule has 0 spiro atoms. The summed E-state index contributed by atoms with van der Waals surface area (Å²) in [6.45, 7) is 5.10. The summed E-state index contributed by atoms with van der Waals surface area (Å²) in [6, 6.07) is 9.11. The number of hydrogen-bond acceptors (Lipinski definition) is 2. The zero-order valence-electron chi connectivity index (χ0n) is 11.3. The molecule has 1 N–H and O–H groups in total. The zero-order chi connectivity index (χ0) is 12.5. The van der Waals surface area contributed by atoms with Gasteiger partial charge in [-0.3, -0.25) is 0 Å². The Labute approximate surface area is 105 Å². The van der Waals surface area contributed by atoms with Gasteiger partial charge in [-0.05, 0) is 37.5 Å². The van der Waals surface area contributed by atoms with Crippen LogP contribution in [0.3, 0.4) is 0 Å². The number of ether oxygens (including phenoxy) is 1. The van der Waals surface area contributed by atoms with Crippen LogP contribution in [-0.2, 0) is 11.2 Å². The molecule has 1 unspecified atom stereocenters. The lowest BCUT2D eigenvalue weighted by atomic mass is 10.1. The van der Waals surface area contributed by atoms with Gasteiger partial charge in [0.25, 0.3) is 0 Å². The van der Waals surface area contributed by atoms with Crippen molar-refractivity contribution in [2.45, 2.75) is 45.6 Å². The number of unbranched alkanes of at least 4 members (excludes halogenated alkanes) is 2. The smallest absolute Gasteiger partial charge is 0.0661 e. The fourth-order valence-electron chi connectivity index (χ4n) is 1.92. The van der Waals surface area contributed by atoms with E-state index in [1.807, 2.05) is 0 Å². The first-order valence-electron chi connectivity index (χ1n) is 6.60. The highest BCUT2D eigenvalue weighted by Gasteiger charge is 2.00. The number of rotatable bonds is 8. The molecule has 2 heteroatoms. The van der Waals surface area contributed by atoms with Gasteiger partial charge in [-0.1, -0.05) is 31.9 Å². The van der Waals surface area contributed by atoms with Crippen molar-refractivity contribution in [3.63, 3.8) is 0 Å². The van der Waals surface area contributed by atoms with Crippen LogP contribution in [0.5, 0.6) is 0 Å². The van der Waals surface area contributed by atoms with Crippen molar-refractivity contribution < 1.29 is 4.74 Å². The molecule has 0 amide bonds. The largest absolute Gasteiger partial charge is 0.383 e. The van der Waals surface area contributed by atoms with Crippen LogP contribution in [0, 0.1) is 0 Å². The van der Waals surface area contributed by atoms with E-state index in [2.05, 4.69) is 43.4 Å². The highest BCUT2D eigenvalue weighted by Crippen LogP contribution is 2.13. The second-order valence-corrected chi connectivity index (χ2v) is 4.65. The molecular weight excluding hydrogens is 210 g/mol. The molecule has 0 aliphatic heterocycles. The Kier molecular flexibility index (Phi) is 6.71. The standard InChI is InChI=1S/C15H25NO/c1-4-5-6-7-14-8-10-15(11-9-14)16-13(2)12-17-3/h8-11,13,16H,4-7,12H2,1-3H3. The maximum absolute atomic E-state index is 5.10. The molecule has 0 bridgehead atoms. The first-order chi connectivity index (χ1) is 8.26. The highest BCUT2D eigenvalue weighted by molar-refractivity contribution is 5.45. The molecule has 0 aliphatic rings. The molecule has 0 radical (unpaired) electrons. The molecule has 0 heterocycles. The van der Waals surface area contributed by atoms with Crippen LogP contribution < -0.4 is 5.32 Å². The van der Waals surface area contributed by atoms with E-state index >= 15 is 0 Å². The van der Waals surface area contributed by atoms with Gasteiger partial charge in [0.2, 0.25) is 0 Å². The first-order valence-corrected chi connectivity index (χ1v) is 6.60. The van der Waals surface area contributed by atoms with Crippen LogP contribution in [0.4, 0.5) is 5.69 Å². The third kappa shape index (κ3) is 5.73. The molecule has 0 fully saturated rings. The summed E-state index contributed by atoms with van der Waals surface area (Å²) >= 11 is 0. The van der Waals surface area contributed by atoms with Gasteiger partial charge in [0.1, 0.15) is 0 Å². The second kappa shape index (κ2) is 8.13. The number of hydrogen-bond donors (Lipinski definition) is 1. The lowest BCUT2D eigenvalue weighted by molar-refractivity contribution is 0.190. The predicted molar refractivity (Wildman–Crippen MR) is 74.6 cm³/mol. The Bertz CT molecular complexity index is 294. The SMILES string of the molecule is CCCCCc1ccc(NC(C)COC)cc1. The van der Waals surface area contributed by atoms with E-state index in [1.165, 1.54) is 36.9 Å². The molecule has 17 heavy (non-hydrogen) atoms. The Hall–Kier alpha value is -1.02. The summed E-state index contributed by atoms with van der Waals surface area (Å²) in [6.07, 6.45) is 5.10. The van der Waals surface area contributed by atoms with E-state index in [4.69, 9.17) is 4.74 Å². The summed E-state index contributed by atoms with van der Waals surface area (Å²) in [5.74, 6) is 0. The van der Waals surface area contributed by atoms with Gasteiger partial charge in [-0.25, -0.2) is 0 Å². The molecule has 0 saturated carbocycles. The molecule has 0 aromatic heterocycles. The maximum atomic E-state index is 5.10. The molecule has 0 aliphatic carbocycles. The van der Waals surface area contributed by atoms with Crippen LogP contribution in [0.25, 0.3) is 0 Å². The zero-order valence-corrected chi connectivity index (χ0v) is 11.3. The van der Waals surface area contributed by atoms with Crippen molar-refractivity contribution in [2.24, 2.45) is 0 Å². The summed E-state index contributed by atoms with van der Waals surface area (Å²) in [5.41, 5.74) is 2.61. The fourth-order valence-corrected chi connectivity index (χ4v) is 1.92. The topological polar surface area (TPSA) is 21.3 Å². The van der Waals surface area contributed by atoms with Gasteiger partial charge >= 0.3 is 0 Å². The Morgan fingerprint density at radius 3 is 2.47 bits per heavy atom. The molecule has 1 atom stereocenters. The minimum Gasteiger partial charge on any atom is -0.383 e. The van der Waals surface area contributed by atoms with E-state index in [-0.39, 0.29) is 0 Å². The minimum absolute atomic E-state index is 0.353. The molecule has 1 rings (SSSR count). The number of methoxy groups -OCH3 is 1. The number of benzene rings is 1.